The van der Waals surface area contributed by atoms with Crippen LogP contribution in [0.25, 0.3) is 0 Å². The fraction of sp³-hybridized carbons (Fsp3) is 0.130. The molecule has 158 valence electrons. The van der Waals surface area contributed by atoms with Crippen LogP contribution in [0.2, 0.25) is 0 Å². The maximum absolute atomic E-state index is 12.1. The fourth-order valence-electron chi connectivity index (χ4n) is 2.81. The number of nitro groups is 1. The van der Waals surface area contributed by atoms with Crippen molar-refractivity contribution in [2.75, 3.05) is 7.11 Å². The Balaban J connectivity index is 1.67. The minimum absolute atomic E-state index is 0.0140. The van der Waals surface area contributed by atoms with Crippen molar-refractivity contribution >= 4 is 17.8 Å². The summed E-state index contributed by atoms with van der Waals surface area (Å²) >= 11 is 0. The minimum atomic E-state index is -0.453. The van der Waals surface area contributed by atoms with E-state index in [-0.39, 0.29) is 24.6 Å². The average molecular weight is 419 g/mol. The molecule has 0 aliphatic carbocycles. The van der Waals surface area contributed by atoms with Crippen LogP contribution in [0.4, 0.5) is 5.69 Å². The molecular weight excluding hydrogens is 398 g/mol. The molecule has 0 bridgehead atoms. The molecule has 0 spiro atoms. The number of amides is 1. The van der Waals surface area contributed by atoms with Gasteiger partial charge in [0.1, 0.15) is 6.61 Å². The van der Waals surface area contributed by atoms with E-state index in [1.54, 1.807) is 30.3 Å². The molecular formula is C23H21N3O5. The van der Waals surface area contributed by atoms with E-state index in [0.29, 0.717) is 17.1 Å². The molecule has 3 aromatic carbocycles. The first-order valence-corrected chi connectivity index (χ1v) is 9.46. The lowest BCUT2D eigenvalue weighted by atomic mass is 10.1. The number of nitrogens with one attached hydrogen (secondary N) is 1. The first-order chi connectivity index (χ1) is 15.1. The van der Waals surface area contributed by atoms with Gasteiger partial charge in [-0.15, -0.1) is 0 Å². The van der Waals surface area contributed by atoms with Crippen molar-refractivity contribution in [1.29, 1.82) is 0 Å². The summed E-state index contributed by atoms with van der Waals surface area (Å²) in [5.41, 5.74) is 4.78. The van der Waals surface area contributed by atoms with E-state index in [1.807, 2.05) is 30.3 Å². The number of ether oxygens (including phenoxy) is 2. The van der Waals surface area contributed by atoms with Crippen LogP contribution in [0.15, 0.2) is 77.9 Å². The van der Waals surface area contributed by atoms with E-state index < -0.39 is 4.92 Å². The summed E-state index contributed by atoms with van der Waals surface area (Å²) in [7, 11) is 1.52. The van der Waals surface area contributed by atoms with Crippen molar-refractivity contribution in [2.45, 2.75) is 13.0 Å². The second kappa shape index (κ2) is 10.5. The Labute approximate surface area is 179 Å². The van der Waals surface area contributed by atoms with Gasteiger partial charge in [0.25, 0.3) is 5.69 Å². The number of rotatable bonds is 9. The van der Waals surface area contributed by atoms with E-state index in [1.165, 1.54) is 25.5 Å². The fourth-order valence-corrected chi connectivity index (χ4v) is 2.81. The van der Waals surface area contributed by atoms with Gasteiger partial charge in [-0.3, -0.25) is 14.9 Å². The molecule has 0 unspecified atom stereocenters. The highest BCUT2D eigenvalue weighted by atomic mass is 16.6. The van der Waals surface area contributed by atoms with Crippen molar-refractivity contribution < 1.29 is 19.2 Å². The molecule has 3 aromatic rings. The quantitative estimate of drug-likeness (QED) is 0.322. The average Bonchev–Trinajstić information content (AvgIpc) is 2.79. The molecule has 1 amide bonds. The van der Waals surface area contributed by atoms with Gasteiger partial charge in [0.15, 0.2) is 11.5 Å². The van der Waals surface area contributed by atoms with Crippen LogP contribution >= 0.6 is 0 Å². The Hall–Kier alpha value is -4.20. The van der Waals surface area contributed by atoms with Crippen LogP contribution in [-0.4, -0.2) is 24.2 Å². The highest BCUT2D eigenvalue weighted by Gasteiger charge is 2.11. The van der Waals surface area contributed by atoms with Crippen LogP contribution in [-0.2, 0) is 17.8 Å². The van der Waals surface area contributed by atoms with Gasteiger partial charge >= 0.3 is 0 Å². The van der Waals surface area contributed by atoms with Crippen LogP contribution in [0.5, 0.6) is 11.5 Å². The summed E-state index contributed by atoms with van der Waals surface area (Å²) in [6.45, 7) is 0.180. The zero-order valence-corrected chi connectivity index (χ0v) is 16.9. The lowest BCUT2D eigenvalue weighted by Gasteiger charge is -2.13. The molecule has 1 N–H and O–H groups in total. The number of hydrazone groups is 1. The standard InChI is InChI=1S/C23H21N3O5/c1-30-21-9-5-8-19(15-24-25-22(27)14-17-6-3-2-4-7-17)23(21)31-16-18-10-12-20(13-11-18)26(28)29/h2-13,15H,14,16H2,1H3,(H,25,27)/b24-15+. The number of nitro benzene ring substituents is 1. The second-order valence-corrected chi connectivity index (χ2v) is 6.55. The van der Waals surface area contributed by atoms with Crippen molar-refractivity contribution in [1.82, 2.24) is 5.43 Å². The molecule has 8 heteroatoms. The zero-order valence-electron chi connectivity index (χ0n) is 16.9. The first kappa shape index (κ1) is 21.5. The van der Waals surface area contributed by atoms with Crippen molar-refractivity contribution in [3.05, 3.63) is 99.6 Å². The molecule has 3 rings (SSSR count). The van der Waals surface area contributed by atoms with Gasteiger partial charge < -0.3 is 9.47 Å². The first-order valence-electron chi connectivity index (χ1n) is 9.46. The highest BCUT2D eigenvalue weighted by Crippen LogP contribution is 2.31. The lowest BCUT2D eigenvalue weighted by molar-refractivity contribution is -0.384. The van der Waals surface area contributed by atoms with Crippen LogP contribution in [0.1, 0.15) is 16.7 Å². The molecule has 8 nitrogen and oxygen atoms in total. The SMILES string of the molecule is COc1cccc(/C=N/NC(=O)Cc2ccccc2)c1OCc1ccc([N+](=O)[O-])cc1. The topological polar surface area (TPSA) is 103 Å². The number of para-hydroxylation sites is 1. The van der Waals surface area contributed by atoms with Crippen LogP contribution in [0.3, 0.4) is 0 Å². The molecule has 0 fully saturated rings. The number of non-ortho nitro benzene ring substituents is 1. The van der Waals surface area contributed by atoms with Gasteiger partial charge in [-0.25, -0.2) is 5.43 Å². The number of benzene rings is 3. The van der Waals surface area contributed by atoms with E-state index in [9.17, 15) is 14.9 Å². The minimum Gasteiger partial charge on any atom is -0.493 e. The number of carbonyl (C=O) groups is 1. The van der Waals surface area contributed by atoms with E-state index in [4.69, 9.17) is 9.47 Å². The summed E-state index contributed by atoms with van der Waals surface area (Å²) in [4.78, 5) is 22.4. The number of hydrogen-bond acceptors (Lipinski definition) is 6. The second-order valence-electron chi connectivity index (χ2n) is 6.55. The molecule has 0 heterocycles. The van der Waals surface area contributed by atoms with Gasteiger partial charge in [0, 0.05) is 17.7 Å². The Morgan fingerprint density at radius 3 is 2.45 bits per heavy atom. The van der Waals surface area contributed by atoms with Crippen LogP contribution in [0, 0.1) is 10.1 Å². The molecule has 0 aliphatic heterocycles. The predicted octanol–water partition coefficient (Wildman–Crippen LogP) is 3.88. The normalized spacial score (nSPS) is 10.6. The van der Waals surface area contributed by atoms with Gasteiger partial charge in [-0.05, 0) is 35.4 Å². The van der Waals surface area contributed by atoms with E-state index >= 15 is 0 Å². The smallest absolute Gasteiger partial charge is 0.269 e. The summed E-state index contributed by atoms with van der Waals surface area (Å²) in [6.07, 6.45) is 1.70. The number of methoxy groups -OCH3 is 1. The molecule has 0 aromatic heterocycles. The van der Waals surface area contributed by atoms with Gasteiger partial charge in [0.05, 0.1) is 24.7 Å². The van der Waals surface area contributed by atoms with Crippen LogP contribution < -0.4 is 14.9 Å². The Morgan fingerprint density at radius 1 is 1.03 bits per heavy atom. The molecule has 31 heavy (non-hydrogen) atoms. The summed E-state index contributed by atoms with van der Waals surface area (Å²) in [6, 6.07) is 20.8. The number of nitrogens with zero attached hydrogens (tertiary/aromatic N) is 2. The van der Waals surface area contributed by atoms with E-state index in [0.717, 1.165) is 11.1 Å². The van der Waals surface area contributed by atoms with Crippen molar-refractivity contribution in [2.24, 2.45) is 5.10 Å². The maximum atomic E-state index is 12.1. The summed E-state index contributed by atoms with van der Waals surface area (Å²) in [5, 5.41) is 14.8. The number of hydrogen-bond donors (Lipinski definition) is 1. The zero-order chi connectivity index (χ0) is 22.1. The molecule has 0 aliphatic rings. The Kier molecular flexibility index (Phi) is 7.31. The third-order valence-corrected chi connectivity index (χ3v) is 4.36. The third kappa shape index (κ3) is 6.14. The van der Waals surface area contributed by atoms with Crippen molar-refractivity contribution in [3.63, 3.8) is 0 Å². The van der Waals surface area contributed by atoms with Gasteiger partial charge in [0.2, 0.25) is 5.91 Å². The Bertz CT molecular complexity index is 1070. The third-order valence-electron chi connectivity index (χ3n) is 4.36. The molecule has 0 saturated heterocycles. The molecule has 0 saturated carbocycles. The Morgan fingerprint density at radius 2 is 1.77 bits per heavy atom. The maximum Gasteiger partial charge on any atom is 0.269 e. The molecule has 0 radical (unpaired) electrons. The summed E-state index contributed by atoms with van der Waals surface area (Å²) in [5.74, 6) is 0.713. The van der Waals surface area contributed by atoms with E-state index in [2.05, 4.69) is 10.5 Å². The van der Waals surface area contributed by atoms with Gasteiger partial charge in [-0.2, -0.15) is 5.10 Å². The highest BCUT2D eigenvalue weighted by molar-refractivity contribution is 5.86. The summed E-state index contributed by atoms with van der Waals surface area (Å²) < 4.78 is 11.3. The molecule has 0 atom stereocenters. The lowest BCUT2D eigenvalue weighted by Crippen LogP contribution is -2.19. The number of carbonyl (C=O) groups excluding carboxylic acids is 1. The van der Waals surface area contributed by atoms with Gasteiger partial charge in [-0.1, -0.05) is 36.4 Å². The predicted molar refractivity (Wildman–Crippen MR) is 116 cm³/mol. The largest absolute Gasteiger partial charge is 0.493 e. The monoisotopic (exact) mass is 419 g/mol. The van der Waals surface area contributed by atoms with Crippen molar-refractivity contribution in [3.8, 4) is 11.5 Å².